The van der Waals surface area contributed by atoms with Gasteiger partial charge >= 0.3 is 6.09 Å². The smallest absolute Gasteiger partial charge is 0.410 e. The minimum absolute atomic E-state index is 0.0152. The second-order valence-electron chi connectivity index (χ2n) is 8.71. The molecule has 28 heavy (non-hydrogen) atoms. The van der Waals surface area contributed by atoms with Gasteiger partial charge in [-0.1, -0.05) is 6.92 Å². The van der Waals surface area contributed by atoms with Gasteiger partial charge in [-0.2, -0.15) is 0 Å². The predicted octanol–water partition coefficient (Wildman–Crippen LogP) is 4.41. The minimum atomic E-state index is -0.497. The Bertz CT molecular complexity index is 722. The highest BCUT2D eigenvalue weighted by Gasteiger charge is 2.42. The van der Waals surface area contributed by atoms with E-state index in [0.717, 1.165) is 12.8 Å². The van der Waals surface area contributed by atoms with Crippen LogP contribution in [0, 0.1) is 15.5 Å². The number of hydrogen-bond donors (Lipinski definition) is 0. The average molecular weight is 394 g/mol. The molecule has 0 aliphatic carbocycles. The highest BCUT2D eigenvalue weighted by atomic mass is 16.6. The van der Waals surface area contributed by atoms with Crippen LogP contribution in [0.25, 0.3) is 0 Å². The summed E-state index contributed by atoms with van der Waals surface area (Å²) in [7, 11) is 1.50. The van der Waals surface area contributed by atoms with Crippen molar-refractivity contribution in [2.75, 3.05) is 20.2 Å². The second kappa shape index (κ2) is 8.24. The van der Waals surface area contributed by atoms with E-state index in [4.69, 9.17) is 14.2 Å². The van der Waals surface area contributed by atoms with Crippen LogP contribution in [0.2, 0.25) is 0 Å². The molecule has 0 N–H and O–H groups in total. The average Bonchev–Trinajstić information content (AvgIpc) is 2.55. The summed E-state index contributed by atoms with van der Waals surface area (Å²) in [6.45, 7) is 10.9. The van der Waals surface area contributed by atoms with Crippen molar-refractivity contribution in [3.8, 4) is 11.5 Å². The molecule has 1 unspecified atom stereocenters. The standard InChI is InChI=1S/C20H30N2O6/c1-14(27-17-11-15(22(24)25)7-8-16(17)26-6)9-10-20(5)12-21(13-20)18(23)28-19(2,3)4/h7-8,11,14H,9-10,12-13H2,1-6H3. The lowest BCUT2D eigenvalue weighted by Gasteiger charge is -2.48. The number of hydrogen-bond acceptors (Lipinski definition) is 6. The Morgan fingerprint density at radius 2 is 1.96 bits per heavy atom. The largest absolute Gasteiger partial charge is 0.493 e. The first-order chi connectivity index (χ1) is 12.9. The molecule has 8 nitrogen and oxygen atoms in total. The molecule has 156 valence electrons. The number of ether oxygens (including phenoxy) is 3. The second-order valence-corrected chi connectivity index (χ2v) is 8.71. The van der Waals surface area contributed by atoms with Gasteiger partial charge in [0.05, 0.1) is 24.2 Å². The summed E-state index contributed by atoms with van der Waals surface area (Å²) in [6.07, 6.45) is 1.19. The van der Waals surface area contributed by atoms with Gasteiger partial charge in [0.25, 0.3) is 5.69 Å². The number of likely N-dealkylation sites (tertiary alicyclic amines) is 1. The van der Waals surface area contributed by atoms with Crippen LogP contribution in [0.15, 0.2) is 18.2 Å². The molecule has 1 heterocycles. The predicted molar refractivity (Wildman–Crippen MR) is 105 cm³/mol. The Morgan fingerprint density at radius 3 is 2.50 bits per heavy atom. The molecular weight excluding hydrogens is 364 g/mol. The summed E-state index contributed by atoms with van der Waals surface area (Å²) < 4.78 is 16.5. The monoisotopic (exact) mass is 394 g/mol. The third-order valence-electron chi connectivity index (χ3n) is 4.64. The van der Waals surface area contributed by atoms with E-state index >= 15 is 0 Å². The van der Waals surface area contributed by atoms with Crippen molar-refractivity contribution >= 4 is 11.8 Å². The molecule has 1 atom stereocenters. The van der Waals surface area contributed by atoms with E-state index in [1.165, 1.54) is 25.3 Å². The van der Waals surface area contributed by atoms with E-state index in [9.17, 15) is 14.9 Å². The van der Waals surface area contributed by atoms with E-state index in [-0.39, 0.29) is 23.3 Å². The number of methoxy groups -OCH3 is 1. The quantitative estimate of drug-likeness (QED) is 0.502. The lowest BCUT2D eigenvalue weighted by atomic mass is 9.77. The lowest BCUT2D eigenvalue weighted by molar-refractivity contribution is -0.385. The van der Waals surface area contributed by atoms with Crippen LogP contribution in [0.3, 0.4) is 0 Å². The third kappa shape index (κ3) is 5.74. The van der Waals surface area contributed by atoms with Gasteiger partial charge in [-0.15, -0.1) is 0 Å². The fourth-order valence-corrected chi connectivity index (χ4v) is 3.19. The van der Waals surface area contributed by atoms with Crippen LogP contribution in [0.5, 0.6) is 11.5 Å². The summed E-state index contributed by atoms with van der Waals surface area (Å²) in [4.78, 5) is 24.3. The number of carbonyl (C=O) groups excluding carboxylic acids is 1. The van der Waals surface area contributed by atoms with Crippen molar-refractivity contribution in [2.24, 2.45) is 5.41 Å². The summed E-state index contributed by atoms with van der Waals surface area (Å²) in [5.74, 6) is 0.821. The van der Waals surface area contributed by atoms with Crippen molar-refractivity contribution < 1.29 is 23.9 Å². The summed E-state index contributed by atoms with van der Waals surface area (Å²) in [6, 6.07) is 4.30. The summed E-state index contributed by atoms with van der Waals surface area (Å²) in [5.41, 5.74) is -0.522. The normalized spacial score (nSPS) is 16.7. The van der Waals surface area contributed by atoms with Crippen molar-refractivity contribution in [3.63, 3.8) is 0 Å². The van der Waals surface area contributed by atoms with Crippen molar-refractivity contribution in [2.45, 2.75) is 59.2 Å². The SMILES string of the molecule is COc1ccc([N+](=O)[O-])cc1OC(C)CCC1(C)CN(C(=O)OC(C)(C)C)C1. The minimum Gasteiger partial charge on any atom is -0.493 e. The zero-order chi connectivity index (χ0) is 21.1. The van der Waals surface area contributed by atoms with Crippen molar-refractivity contribution in [1.82, 2.24) is 4.90 Å². The molecule has 1 saturated heterocycles. The first-order valence-corrected chi connectivity index (χ1v) is 9.39. The zero-order valence-corrected chi connectivity index (χ0v) is 17.5. The molecule has 2 rings (SSSR count). The van der Waals surface area contributed by atoms with Gasteiger partial charge in [-0.05, 0) is 46.6 Å². The van der Waals surface area contributed by atoms with Gasteiger partial charge < -0.3 is 19.1 Å². The van der Waals surface area contributed by atoms with E-state index in [2.05, 4.69) is 6.92 Å². The number of carbonyl (C=O) groups is 1. The molecule has 0 saturated carbocycles. The highest BCUT2D eigenvalue weighted by Crippen LogP contribution is 2.37. The van der Waals surface area contributed by atoms with Crippen LogP contribution < -0.4 is 9.47 Å². The Hall–Kier alpha value is -2.51. The summed E-state index contributed by atoms with van der Waals surface area (Å²) in [5, 5.41) is 11.0. The molecule has 0 radical (unpaired) electrons. The Balaban J connectivity index is 1.86. The van der Waals surface area contributed by atoms with Crippen molar-refractivity contribution in [3.05, 3.63) is 28.3 Å². The number of benzene rings is 1. The first-order valence-electron chi connectivity index (χ1n) is 9.39. The molecule has 0 bridgehead atoms. The van der Waals surface area contributed by atoms with Gasteiger partial charge in [-0.25, -0.2) is 4.79 Å². The Morgan fingerprint density at radius 1 is 1.32 bits per heavy atom. The molecule has 1 aromatic carbocycles. The maximum atomic E-state index is 12.1. The van der Waals surface area contributed by atoms with E-state index in [1.54, 1.807) is 4.90 Å². The van der Waals surface area contributed by atoms with Crippen molar-refractivity contribution in [1.29, 1.82) is 0 Å². The zero-order valence-electron chi connectivity index (χ0n) is 17.5. The van der Waals surface area contributed by atoms with E-state index < -0.39 is 10.5 Å². The van der Waals surface area contributed by atoms with Gasteiger partial charge in [0, 0.05) is 24.6 Å². The van der Waals surface area contributed by atoms with Crippen LogP contribution in [0.1, 0.15) is 47.5 Å². The Kier molecular flexibility index (Phi) is 6.41. The van der Waals surface area contributed by atoms with Gasteiger partial charge in [0.2, 0.25) is 0 Å². The maximum Gasteiger partial charge on any atom is 0.410 e. The van der Waals surface area contributed by atoms with Gasteiger partial charge in [0.1, 0.15) is 5.60 Å². The fourth-order valence-electron chi connectivity index (χ4n) is 3.19. The molecule has 1 aliphatic rings. The highest BCUT2D eigenvalue weighted by molar-refractivity contribution is 5.69. The molecule has 0 spiro atoms. The van der Waals surface area contributed by atoms with Gasteiger partial charge in [0.15, 0.2) is 11.5 Å². The van der Waals surface area contributed by atoms with Crippen LogP contribution >= 0.6 is 0 Å². The van der Waals surface area contributed by atoms with Crippen LogP contribution in [-0.2, 0) is 4.74 Å². The molecule has 0 aromatic heterocycles. The molecule has 1 aliphatic heterocycles. The lowest BCUT2D eigenvalue weighted by Crippen LogP contribution is -2.58. The number of nitro benzene ring substituents is 1. The third-order valence-corrected chi connectivity index (χ3v) is 4.64. The summed E-state index contributed by atoms with van der Waals surface area (Å²) >= 11 is 0. The molecule has 8 heteroatoms. The molecule has 1 aromatic rings. The van der Waals surface area contributed by atoms with Gasteiger partial charge in [-0.3, -0.25) is 10.1 Å². The Labute approximate surface area is 165 Å². The number of nitro groups is 1. The maximum absolute atomic E-state index is 12.1. The number of rotatable bonds is 7. The topological polar surface area (TPSA) is 91.1 Å². The number of amides is 1. The fraction of sp³-hybridized carbons (Fsp3) is 0.650. The van der Waals surface area contributed by atoms with Crippen LogP contribution in [-0.4, -0.2) is 47.8 Å². The van der Waals surface area contributed by atoms with E-state index in [0.29, 0.717) is 24.6 Å². The first kappa shape index (κ1) is 21.8. The number of nitrogens with zero attached hydrogens (tertiary/aromatic N) is 2. The molecular formula is C20H30N2O6. The number of non-ortho nitro benzene ring substituents is 1. The molecule has 1 amide bonds. The van der Waals surface area contributed by atoms with E-state index in [1.807, 2.05) is 27.7 Å². The van der Waals surface area contributed by atoms with Crippen LogP contribution in [0.4, 0.5) is 10.5 Å². The molecule has 1 fully saturated rings.